The van der Waals surface area contributed by atoms with Gasteiger partial charge < -0.3 is 4.74 Å². The Kier molecular flexibility index (Phi) is 5.46. The van der Waals surface area contributed by atoms with Gasteiger partial charge in [-0.25, -0.2) is 0 Å². The number of rotatable bonds is 6. The van der Waals surface area contributed by atoms with Crippen molar-refractivity contribution in [2.45, 2.75) is 45.3 Å². The van der Waals surface area contributed by atoms with Crippen LogP contribution in [0.4, 0.5) is 0 Å². The van der Waals surface area contributed by atoms with E-state index in [-0.39, 0.29) is 0 Å². The molecule has 1 nitrogen and oxygen atoms in total. The molecule has 0 saturated carbocycles. The van der Waals surface area contributed by atoms with E-state index < -0.39 is 8.07 Å². The molecule has 1 unspecified atom stereocenters. The van der Waals surface area contributed by atoms with Gasteiger partial charge in [0, 0.05) is 0 Å². The first-order chi connectivity index (χ1) is 10.4. The lowest BCUT2D eigenvalue weighted by molar-refractivity contribution is 0.414. The third-order valence-corrected chi connectivity index (χ3v) is 6.39. The Morgan fingerprint density at radius 2 is 1.68 bits per heavy atom. The summed E-state index contributed by atoms with van der Waals surface area (Å²) in [6.45, 7) is 9.57. The first-order valence-electron chi connectivity index (χ1n) is 8.13. The molecule has 2 rings (SSSR count). The van der Waals surface area contributed by atoms with E-state index in [0.29, 0.717) is 5.92 Å². The van der Waals surface area contributed by atoms with Crippen molar-refractivity contribution in [3.05, 3.63) is 59.7 Å². The minimum Gasteiger partial charge on any atom is -0.497 e. The maximum absolute atomic E-state index is 5.21. The SMILES string of the molecule is COc1ccc(CCC(C)c2cccc([Si](C)(C)C)c2)cc1. The van der Waals surface area contributed by atoms with Gasteiger partial charge in [0.25, 0.3) is 0 Å². The van der Waals surface area contributed by atoms with Crippen LogP contribution in [-0.4, -0.2) is 15.2 Å². The van der Waals surface area contributed by atoms with Crippen LogP contribution in [-0.2, 0) is 6.42 Å². The summed E-state index contributed by atoms with van der Waals surface area (Å²) in [4.78, 5) is 0. The second kappa shape index (κ2) is 7.15. The number of hydrogen-bond donors (Lipinski definition) is 0. The van der Waals surface area contributed by atoms with E-state index >= 15 is 0 Å². The number of ether oxygens (including phenoxy) is 1. The Balaban J connectivity index is 2.01. The average molecular weight is 313 g/mol. The predicted molar refractivity (Wildman–Crippen MR) is 99.2 cm³/mol. The first kappa shape index (κ1) is 16.8. The lowest BCUT2D eigenvalue weighted by Crippen LogP contribution is -2.37. The predicted octanol–water partition coefficient (Wildman–Crippen LogP) is 4.98. The van der Waals surface area contributed by atoms with Gasteiger partial charge in [0.05, 0.1) is 15.2 Å². The van der Waals surface area contributed by atoms with E-state index in [4.69, 9.17) is 4.74 Å². The monoisotopic (exact) mass is 312 g/mol. The molecule has 0 aliphatic rings. The summed E-state index contributed by atoms with van der Waals surface area (Å²) in [6, 6.07) is 17.7. The number of benzene rings is 2. The highest BCUT2D eigenvalue weighted by Gasteiger charge is 2.17. The molecular weight excluding hydrogens is 284 g/mol. The molecule has 0 saturated heterocycles. The Hall–Kier alpha value is -1.54. The van der Waals surface area contributed by atoms with E-state index in [1.165, 1.54) is 17.5 Å². The van der Waals surface area contributed by atoms with Crippen LogP contribution in [0.1, 0.15) is 30.4 Å². The molecule has 0 fully saturated rings. The van der Waals surface area contributed by atoms with Gasteiger partial charge in [0.15, 0.2) is 0 Å². The van der Waals surface area contributed by atoms with E-state index in [9.17, 15) is 0 Å². The van der Waals surface area contributed by atoms with Crippen LogP contribution in [0, 0.1) is 0 Å². The van der Waals surface area contributed by atoms with Gasteiger partial charge in [-0.15, -0.1) is 0 Å². The van der Waals surface area contributed by atoms with Gasteiger partial charge >= 0.3 is 0 Å². The average Bonchev–Trinajstić information content (AvgIpc) is 2.52. The Labute approximate surface area is 136 Å². The molecule has 0 bridgehead atoms. The van der Waals surface area contributed by atoms with Crippen molar-refractivity contribution < 1.29 is 4.74 Å². The molecule has 0 aromatic heterocycles. The fourth-order valence-corrected chi connectivity index (χ4v) is 3.85. The van der Waals surface area contributed by atoms with Crippen molar-refractivity contribution in [3.63, 3.8) is 0 Å². The molecule has 2 heteroatoms. The molecule has 0 heterocycles. The lowest BCUT2D eigenvalue weighted by atomic mass is 9.94. The molecule has 0 aliphatic carbocycles. The zero-order valence-electron chi connectivity index (χ0n) is 14.5. The first-order valence-corrected chi connectivity index (χ1v) is 11.6. The van der Waals surface area contributed by atoms with Crippen molar-refractivity contribution >= 4 is 13.3 Å². The topological polar surface area (TPSA) is 9.23 Å². The minimum absolute atomic E-state index is 0.596. The third kappa shape index (κ3) is 4.47. The highest BCUT2D eigenvalue weighted by atomic mass is 28.3. The summed E-state index contributed by atoms with van der Waals surface area (Å²) >= 11 is 0. The molecule has 118 valence electrons. The summed E-state index contributed by atoms with van der Waals surface area (Å²) in [5.74, 6) is 1.53. The summed E-state index contributed by atoms with van der Waals surface area (Å²) in [6.07, 6.45) is 2.30. The molecule has 0 aliphatic heterocycles. The highest BCUT2D eigenvalue weighted by Crippen LogP contribution is 2.22. The van der Waals surface area contributed by atoms with Crippen molar-refractivity contribution in [2.75, 3.05) is 7.11 Å². The molecule has 22 heavy (non-hydrogen) atoms. The van der Waals surface area contributed by atoms with Crippen LogP contribution in [0.5, 0.6) is 5.75 Å². The lowest BCUT2D eigenvalue weighted by Gasteiger charge is -2.20. The summed E-state index contributed by atoms with van der Waals surface area (Å²) in [5.41, 5.74) is 2.86. The van der Waals surface area contributed by atoms with E-state index in [1.807, 2.05) is 12.1 Å². The molecule has 2 aromatic carbocycles. The normalized spacial score (nSPS) is 13.0. The fraction of sp³-hybridized carbons (Fsp3) is 0.400. The van der Waals surface area contributed by atoms with Crippen LogP contribution in [0.3, 0.4) is 0 Å². The molecule has 0 amide bonds. The maximum Gasteiger partial charge on any atom is 0.118 e. The summed E-state index contributed by atoms with van der Waals surface area (Å²) < 4.78 is 5.21. The smallest absolute Gasteiger partial charge is 0.118 e. The van der Waals surface area contributed by atoms with Gasteiger partial charge in [-0.05, 0) is 42.0 Å². The summed E-state index contributed by atoms with van der Waals surface area (Å²) in [5, 5.41) is 1.56. The second-order valence-corrected chi connectivity index (χ2v) is 12.2. The molecular formula is C20H28OSi. The highest BCUT2D eigenvalue weighted by molar-refractivity contribution is 6.88. The molecule has 2 aromatic rings. The second-order valence-electron chi connectivity index (χ2n) is 7.16. The van der Waals surface area contributed by atoms with Gasteiger partial charge in [-0.1, -0.05) is 68.1 Å². The van der Waals surface area contributed by atoms with Crippen molar-refractivity contribution in [3.8, 4) is 5.75 Å². The van der Waals surface area contributed by atoms with Crippen LogP contribution in [0.2, 0.25) is 19.6 Å². The van der Waals surface area contributed by atoms with Crippen LogP contribution >= 0.6 is 0 Å². The summed E-state index contributed by atoms with van der Waals surface area (Å²) in [7, 11) is 0.489. The Morgan fingerprint density at radius 3 is 2.27 bits per heavy atom. The number of aryl methyl sites for hydroxylation is 1. The largest absolute Gasteiger partial charge is 0.497 e. The van der Waals surface area contributed by atoms with Gasteiger partial charge in [0.2, 0.25) is 0 Å². The maximum atomic E-state index is 5.21. The van der Waals surface area contributed by atoms with Crippen molar-refractivity contribution in [1.29, 1.82) is 0 Å². The zero-order chi connectivity index (χ0) is 16.2. The Morgan fingerprint density at radius 1 is 1.00 bits per heavy atom. The quantitative estimate of drug-likeness (QED) is 0.684. The molecule has 0 spiro atoms. The van der Waals surface area contributed by atoms with Crippen molar-refractivity contribution in [2.24, 2.45) is 0 Å². The standard InChI is InChI=1S/C20H28OSi/c1-16(9-10-17-11-13-19(21-2)14-12-17)18-7-6-8-20(15-18)22(3,4)5/h6-8,11-16H,9-10H2,1-5H3. The molecule has 1 atom stereocenters. The van der Waals surface area contributed by atoms with E-state index in [1.54, 1.807) is 12.3 Å². The van der Waals surface area contributed by atoms with Crippen LogP contribution < -0.4 is 9.92 Å². The number of methoxy groups -OCH3 is 1. The molecule has 0 radical (unpaired) electrons. The number of hydrogen-bond acceptors (Lipinski definition) is 1. The van der Waals surface area contributed by atoms with Crippen LogP contribution in [0.15, 0.2) is 48.5 Å². The minimum atomic E-state index is -1.22. The Bertz CT molecular complexity index is 596. The van der Waals surface area contributed by atoms with Crippen molar-refractivity contribution in [1.82, 2.24) is 0 Å². The van der Waals surface area contributed by atoms with Crippen LogP contribution in [0.25, 0.3) is 0 Å². The fourth-order valence-electron chi connectivity index (χ4n) is 2.65. The molecule has 0 N–H and O–H groups in total. The third-order valence-electron chi connectivity index (χ3n) is 4.35. The zero-order valence-corrected chi connectivity index (χ0v) is 15.5. The van der Waals surface area contributed by atoms with Gasteiger partial charge in [0.1, 0.15) is 5.75 Å². The van der Waals surface area contributed by atoms with Gasteiger partial charge in [-0.3, -0.25) is 0 Å². The van der Waals surface area contributed by atoms with E-state index in [2.05, 4.69) is 63.0 Å². The van der Waals surface area contributed by atoms with E-state index in [0.717, 1.165) is 12.2 Å². The van der Waals surface area contributed by atoms with Gasteiger partial charge in [-0.2, -0.15) is 0 Å².